The zero-order chi connectivity index (χ0) is 25.2. The molecule has 182 valence electrons. The van der Waals surface area contributed by atoms with Gasteiger partial charge in [-0.2, -0.15) is 0 Å². The van der Waals surface area contributed by atoms with E-state index in [0.29, 0.717) is 19.9 Å². The van der Waals surface area contributed by atoms with Crippen molar-refractivity contribution in [1.82, 2.24) is 14.3 Å². The van der Waals surface area contributed by atoms with E-state index in [0.717, 1.165) is 0 Å². The number of carbonyl (C=O) groups is 2. The minimum absolute atomic E-state index is 0.00643. The summed E-state index contributed by atoms with van der Waals surface area (Å²) in [6.07, 6.45) is 6.36. The summed E-state index contributed by atoms with van der Waals surface area (Å²) in [5, 5.41) is 12.7. The molecular formula is C22H18ClIN4O5S2. The first-order valence-corrected chi connectivity index (χ1v) is 13.8. The van der Waals surface area contributed by atoms with Crippen LogP contribution in [-0.2, 0) is 21.2 Å². The largest absolute Gasteiger partial charge is 0.480 e. The van der Waals surface area contributed by atoms with Gasteiger partial charge in [0.25, 0.3) is 15.9 Å². The Bertz CT molecular complexity index is 1380. The zero-order valence-electron chi connectivity index (χ0n) is 17.7. The summed E-state index contributed by atoms with van der Waals surface area (Å²) in [7, 11) is -4.08. The Hall–Kier alpha value is -2.68. The fraction of sp³-hybridized carbons (Fsp3) is 0.0909. The number of benzene rings is 2. The number of allylic oxidation sites excluding steroid dienone is 2. The van der Waals surface area contributed by atoms with Gasteiger partial charge < -0.3 is 15.1 Å². The molecule has 1 atom stereocenters. The van der Waals surface area contributed by atoms with Crippen molar-refractivity contribution >= 4 is 73.9 Å². The molecule has 0 radical (unpaired) electrons. The Kier molecular flexibility index (Phi) is 7.64. The van der Waals surface area contributed by atoms with Crippen molar-refractivity contribution in [2.45, 2.75) is 12.5 Å². The van der Waals surface area contributed by atoms with Gasteiger partial charge in [-0.25, -0.2) is 13.2 Å². The van der Waals surface area contributed by atoms with Gasteiger partial charge in [0.1, 0.15) is 10.9 Å². The van der Waals surface area contributed by atoms with Gasteiger partial charge in [0.15, 0.2) is 0 Å². The number of carboxylic acid groups (broad SMARTS) is 1. The standard InChI is InChI=1S/C22H18ClIN4O5S2/c23-14-5-3-13(4-6-14)10-18(22(30)31)26-21(29)16-8-7-15(24)11-17(16)27-35(32,33)20-2-1-9-28-19(20)12-25-34-28/h1-9,11-12,18,25,27H,10H2,(H,26,29)(H,30,31). The Morgan fingerprint density at radius 3 is 2.66 bits per heavy atom. The molecule has 1 unspecified atom stereocenters. The summed E-state index contributed by atoms with van der Waals surface area (Å²) in [6, 6.07) is 9.97. The number of anilines is 1. The number of rotatable bonds is 8. The molecule has 0 saturated heterocycles. The zero-order valence-corrected chi connectivity index (χ0v) is 22.3. The van der Waals surface area contributed by atoms with Gasteiger partial charge in [-0.3, -0.25) is 13.8 Å². The highest BCUT2D eigenvalue weighted by Gasteiger charge is 2.31. The van der Waals surface area contributed by atoms with Crippen LogP contribution in [0.4, 0.5) is 5.69 Å². The first kappa shape index (κ1) is 25.4. The molecule has 0 spiro atoms. The lowest BCUT2D eigenvalue weighted by Crippen LogP contribution is -2.42. The lowest BCUT2D eigenvalue weighted by atomic mass is 10.1. The highest BCUT2D eigenvalue weighted by Crippen LogP contribution is 2.34. The Balaban J connectivity index is 1.58. The topological polar surface area (TPSA) is 128 Å². The van der Waals surface area contributed by atoms with E-state index >= 15 is 0 Å². The number of carbonyl (C=O) groups excluding carboxylic acids is 1. The van der Waals surface area contributed by atoms with Crippen molar-refractivity contribution in [2.24, 2.45) is 0 Å². The molecule has 2 aliphatic rings. The summed E-state index contributed by atoms with van der Waals surface area (Å²) in [6.45, 7) is 0. The number of amides is 1. The van der Waals surface area contributed by atoms with E-state index in [2.05, 4.69) is 14.8 Å². The molecular weight excluding hydrogens is 627 g/mol. The first-order chi connectivity index (χ1) is 16.6. The minimum atomic E-state index is -4.08. The molecule has 35 heavy (non-hydrogen) atoms. The molecule has 0 saturated carbocycles. The molecule has 0 bridgehead atoms. The molecule has 2 heterocycles. The van der Waals surface area contributed by atoms with Crippen LogP contribution in [-0.4, -0.2) is 35.7 Å². The van der Waals surface area contributed by atoms with Crippen molar-refractivity contribution in [3.05, 3.63) is 97.3 Å². The summed E-state index contributed by atoms with van der Waals surface area (Å²) in [5.41, 5.74) is 1.14. The van der Waals surface area contributed by atoms with Gasteiger partial charge in [0.2, 0.25) is 0 Å². The molecule has 0 aliphatic carbocycles. The number of carboxylic acids is 1. The van der Waals surface area contributed by atoms with Gasteiger partial charge in [-0.1, -0.05) is 23.7 Å². The van der Waals surface area contributed by atoms with Crippen molar-refractivity contribution < 1.29 is 23.1 Å². The van der Waals surface area contributed by atoms with Crippen molar-refractivity contribution in [3.63, 3.8) is 0 Å². The first-order valence-electron chi connectivity index (χ1n) is 10.1. The second-order valence-electron chi connectivity index (χ2n) is 7.43. The van der Waals surface area contributed by atoms with Crippen LogP contribution in [0.15, 0.2) is 77.6 Å². The number of nitrogens with one attached hydrogen (secondary N) is 3. The Labute approximate surface area is 224 Å². The van der Waals surface area contributed by atoms with E-state index < -0.39 is 27.9 Å². The van der Waals surface area contributed by atoms with E-state index in [4.69, 9.17) is 11.6 Å². The normalized spacial score (nSPS) is 15.4. The molecule has 0 fully saturated rings. The number of hydrogen-bond acceptors (Lipinski definition) is 7. The lowest BCUT2D eigenvalue weighted by molar-refractivity contribution is -0.139. The molecule has 13 heteroatoms. The number of hydrogen-bond donors (Lipinski definition) is 4. The van der Waals surface area contributed by atoms with E-state index in [9.17, 15) is 23.1 Å². The highest BCUT2D eigenvalue weighted by atomic mass is 127. The van der Waals surface area contributed by atoms with Crippen LogP contribution in [0, 0.1) is 3.57 Å². The van der Waals surface area contributed by atoms with Crippen LogP contribution >= 0.6 is 46.3 Å². The smallest absolute Gasteiger partial charge is 0.326 e. The van der Waals surface area contributed by atoms with Crippen LogP contribution < -0.4 is 14.8 Å². The monoisotopic (exact) mass is 644 g/mol. The maximum Gasteiger partial charge on any atom is 0.326 e. The summed E-state index contributed by atoms with van der Waals surface area (Å²) in [5.74, 6) is -1.95. The predicted octanol–water partition coefficient (Wildman–Crippen LogP) is 3.83. The third-order valence-corrected chi connectivity index (χ3v) is 8.10. The fourth-order valence-corrected chi connectivity index (χ4v) is 5.95. The van der Waals surface area contributed by atoms with Crippen molar-refractivity contribution in [1.29, 1.82) is 0 Å². The molecule has 4 N–H and O–H groups in total. The maximum atomic E-state index is 13.2. The number of aliphatic carboxylic acids is 1. The number of fused-ring (bicyclic) bond motifs is 1. The summed E-state index contributed by atoms with van der Waals surface area (Å²) >= 11 is 9.10. The summed E-state index contributed by atoms with van der Waals surface area (Å²) < 4.78 is 34.2. The van der Waals surface area contributed by atoms with E-state index in [1.54, 1.807) is 53.1 Å². The lowest BCUT2D eigenvalue weighted by Gasteiger charge is -2.21. The molecule has 4 rings (SSSR count). The minimum Gasteiger partial charge on any atom is -0.480 e. The van der Waals surface area contributed by atoms with Crippen molar-refractivity contribution in [2.75, 3.05) is 4.72 Å². The second kappa shape index (κ2) is 10.5. The predicted molar refractivity (Wildman–Crippen MR) is 144 cm³/mol. The Morgan fingerprint density at radius 1 is 1.20 bits per heavy atom. The third kappa shape index (κ3) is 5.94. The van der Waals surface area contributed by atoms with Crippen LogP contribution in [0.3, 0.4) is 0 Å². The fourth-order valence-electron chi connectivity index (χ4n) is 3.35. The second-order valence-corrected chi connectivity index (χ2v) is 11.6. The van der Waals surface area contributed by atoms with Gasteiger partial charge in [-0.15, -0.1) is 0 Å². The highest BCUT2D eigenvalue weighted by molar-refractivity contribution is 14.1. The van der Waals surface area contributed by atoms with Crippen molar-refractivity contribution in [3.8, 4) is 0 Å². The van der Waals surface area contributed by atoms with Gasteiger partial charge >= 0.3 is 5.97 Å². The number of sulfonamides is 1. The average molecular weight is 645 g/mol. The molecule has 2 aliphatic heterocycles. The average Bonchev–Trinajstić information content (AvgIpc) is 3.28. The molecule has 0 aromatic heterocycles. The van der Waals surface area contributed by atoms with E-state index in [1.165, 1.54) is 30.3 Å². The molecule has 1 amide bonds. The van der Waals surface area contributed by atoms with Gasteiger partial charge in [-0.05, 0) is 70.6 Å². The van der Waals surface area contributed by atoms with Gasteiger partial charge in [0.05, 0.1) is 29.1 Å². The maximum absolute atomic E-state index is 13.2. The van der Waals surface area contributed by atoms with Crippen LogP contribution in [0.25, 0.3) is 0 Å². The van der Waals surface area contributed by atoms with E-state index in [1.807, 2.05) is 22.6 Å². The van der Waals surface area contributed by atoms with E-state index in [-0.39, 0.29) is 22.6 Å². The molecule has 2 aromatic carbocycles. The molecule has 9 nitrogen and oxygen atoms in total. The number of halogens is 2. The van der Waals surface area contributed by atoms with Crippen LogP contribution in [0.2, 0.25) is 5.02 Å². The summed E-state index contributed by atoms with van der Waals surface area (Å²) in [4.78, 5) is 24.9. The quantitative estimate of drug-likeness (QED) is 0.252. The van der Waals surface area contributed by atoms with Crippen LogP contribution in [0.5, 0.6) is 0 Å². The van der Waals surface area contributed by atoms with Gasteiger partial charge in [0, 0.05) is 27.4 Å². The Morgan fingerprint density at radius 2 is 1.94 bits per heavy atom. The SMILES string of the molecule is O=C(NC(Cc1ccc(Cl)cc1)C(=O)O)c1ccc(I)cc1NS(=O)(=O)C1=CC=CN2SNC=C12. The van der Waals surface area contributed by atoms with Crippen LogP contribution in [0.1, 0.15) is 15.9 Å². The molecule has 2 aromatic rings. The third-order valence-electron chi connectivity index (χ3n) is 5.02. The number of nitrogens with zero attached hydrogens (tertiary/aromatic N) is 1.